The van der Waals surface area contributed by atoms with E-state index >= 15 is 0 Å². The molecule has 1 aliphatic rings. The summed E-state index contributed by atoms with van der Waals surface area (Å²) in [6.45, 7) is 1.31. The molecule has 4 aromatic rings. The molecule has 1 aliphatic heterocycles. The molecule has 1 saturated heterocycles. The monoisotopic (exact) mass is 454 g/mol. The molecule has 0 atom stereocenters. The van der Waals surface area contributed by atoms with Crippen molar-refractivity contribution >= 4 is 21.8 Å². The Balaban J connectivity index is 1.42. The van der Waals surface area contributed by atoms with Gasteiger partial charge in [-0.05, 0) is 31.0 Å². The topological polar surface area (TPSA) is 126 Å². The highest BCUT2D eigenvalue weighted by Gasteiger charge is 2.25. The third kappa shape index (κ3) is 3.92. The fourth-order valence-corrected chi connectivity index (χ4v) is 5.45. The summed E-state index contributed by atoms with van der Waals surface area (Å²) in [6.07, 6.45) is 6.52. The predicted molar refractivity (Wildman–Crippen MR) is 119 cm³/mol. The Bertz CT molecular complexity index is 1360. The van der Waals surface area contributed by atoms with Crippen LogP contribution in [0.1, 0.15) is 12.8 Å². The van der Waals surface area contributed by atoms with Gasteiger partial charge in [0.05, 0.1) is 11.4 Å². The van der Waals surface area contributed by atoms with Crippen LogP contribution in [0, 0.1) is 0 Å². The lowest BCUT2D eigenvalue weighted by molar-refractivity contribution is 0.393. The number of anilines is 1. The summed E-state index contributed by atoms with van der Waals surface area (Å²) in [6, 6.07) is 8.59. The number of fused-ring (bicyclic) bond motifs is 1. The zero-order valence-electron chi connectivity index (χ0n) is 17.2. The van der Waals surface area contributed by atoms with Crippen LogP contribution < -0.4 is 5.32 Å². The van der Waals surface area contributed by atoms with Crippen LogP contribution in [0.5, 0.6) is 5.75 Å². The first-order valence-electron chi connectivity index (χ1n) is 10.3. The highest BCUT2D eigenvalue weighted by Crippen LogP contribution is 2.33. The highest BCUT2D eigenvalue weighted by molar-refractivity contribution is 7.89. The molecule has 0 unspecified atom stereocenters. The van der Waals surface area contributed by atoms with E-state index in [2.05, 4.69) is 20.3 Å². The Hall–Kier alpha value is -3.44. The molecular formula is C21H22N6O4S. The van der Waals surface area contributed by atoms with Gasteiger partial charge in [-0.3, -0.25) is 4.40 Å². The van der Waals surface area contributed by atoms with Crippen LogP contribution in [-0.4, -0.2) is 62.6 Å². The second-order valence-corrected chi connectivity index (χ2v) is 9.62. The molecule has 10 nitrogen and oxygen atoms in total. The Morgan fingerprint density at radius 2 is 2.09 bits per heavy atom. The molecule has 1 fully saturated rings. The number of phenolic OH excluding ortho intramolecular Hbond substituents is 1. The van der Waals surface area contributed by atoms with Gasteiger partial charge < -0.3 is 14.8 Å². The van der Waals surface area contributed by atoms with Gasteiger partial charge in [-0.1, -0.05) is 12.1 Å². The molecule has 3 aromatic heterocycles. The van der Waals surface area contributed by atoms with Crippen LogP contribution in [0.25, 0.3) is 28.5 Å². The smallest absolute Gasteiger partial charge is 0.306 e. The van der Waals surface area contributed by atoms with Crippen molar-refractivity contribution in [3.8, 4) is 28.4 Å². The van der Waals surface area contributed by atoms with Crippen LogP contribution in [0.4, 0.5) is 5.95 Å². The molecule has 0 radical (unpaired) electrons. The standard InChI is InChI=1S/C21H22N6O4S/c28-16-5-3-4-15(14-16)18-19(27-11-12-31-21(27)25-18)17-6-7-22-20(24-17)23-8-10-26-9-1-2-13-32(26,29)30/h3-7,11-12,14,28H,1-2,8-10,13H2,(H,22,23,24). The van der Waals surface area contributed by atoms with Crippen LogP contribution in [0.2, 0.25) is 0 Å². The molecule has 0 spiro atoms. The number of nitrogens with one attached hydrogen (secondary N) is 1. The summed E-state index contributed by atoms with van der Waals surface area (Å²) < 4.78 is 33.1. The second-order valence-electron chi connectivity index (χ2n) is 7.53. The summed E-state index contributed by atoms with van der Waals surface area (Å²) >= 11 is 0. The Kier molecular flexibility index (Phi) is 5.27. The number of imidazole rings is 1. The van der Waals surface area contributed by atoms with Crippen molar-refractivity contribution in [2.75, 3.05) is 30.7 Å². The van der Waals surface area contributed by atoms with Crippen LogP contribution in [-0.2, 0) is 10.0 Å². The maximum absolute atomic E-state index is 12.2. The van der Waals surface area contributed by atoms with Gasteiger partial charge in [0.1, 0.15) is 23.4 Å². The number of sulfonamides is 1. The largest absolute Gasteiger partial charge is 0.508 e. The van der Waals surface area contributed by atoms with Crippen molar-refractivity contribution < 1.29 is 17.9 Å². The van der Waals surface area contributed by atoms with E-state index in [1.807, 2.05) is 6.07 Å². The summed E-state index contributed by atoms with van der Waals surface area (Å²) in [4.78, 5) is 13.4. The molecule has 4 heterocycles. The summed E-state index contributed by atoms with van der Waals surface area (Å²) in [5.74, 6) is 1.13. The van der Waals surface area contributed by atoms with E-state index < -0.39 is 10.0 Å². The van der Waals surface area contributed by atoms with Crippen molar-refractivity contribution in [3.05, 3.63) is 49.0 Å². The van der Waals surface area contributed by atoms with E-state index in [9.17, 15) is 13.5 Å². The fraction of sp³-hybridized carbons (Fsp3) is 0.286. The molecule has 2 N–H and O–H groups in total. The van der Waals surface area contributed by atoms with Gasteiger partial charge in [-0.25, -0.2) is 22.7 Å². The van der Waals surface area contributed by atoms with E-state index in [0.29, 0.717) is 54.9 Å². The third-order valence-corrected chi connectivity index (χ3v) is 7.33. The number of hydrogen-bond acceptors (Lipinski definition) is 8. The lowest BCUT2D eigenvalue weighted by atomic mass is 10.1. The molecule has 0 amide bonds. The van der Waals surface area contributed by atoms with Gasteiger partial charge in [-0.15, -0.1) is 0 Å². The van der Waals surface area contributed by atoms with Crippen molar-refractivity contribution in [1.29, 1.82) is 0 Å². The molecule has 11 heteroatoms. The molecule has 0 aliphatic carbocycles. The van der Waals surface area contributed by atoms with Crippen molar-refractivity contribution in [2.24, 2.45) is 0 Å². The number of aromatic hydroxyl groups is 1. The van der Waals surface area contributed by atoms with Crippen molar-refractivity contribution in [2.45, 2.75) is 12.8 Å². The van der Waals surface area contributed by atoms with E-state index in [-0.39, 0.29) is 11.5 Å². The lowest BCUT2D eigenvalue weighted by Gasteiger charge is -2.26. The molecular weight excluding hydrogens is 432 g/mol. The Labute approximate surface area is 184 Å². The zero-order valence-corrected chi connectivity index (χ0v) is 18.0. The summed E-state index contributed by atoms with van der Waals surface area (Å²) in [5, 5.41) is 13.0. The van der Waals surface area contributed by atoms with Gasteiger partial charge in [-0.2, -0.15) is 4.98 Å². The van der Waals surface area contributed by atoms with Crippen molar-refractivity contribution in [1.82, 2.24) is 23.7 Å². The molecule has 5 rings (SSSR count). The van der Waals surface area contributed by atoms with E-state index in [1.54, 1.807) is 41.1 Å². The number of benzene rings is 1. The Morgan fingerprint density at radius 3 is 2.94 bits per heavy atom. The zero-order chi connectivity index (χ0) is 22.1. The second kappa shape index (κ2) is 8.24. The van der Waals surface area contributed by atoms with Crippen LogP contribution in [0.3, 0.4) is 0 Å². The maximum atomic E-state index is 12.2. The van der Waals surface area contributed by atoms with Crippen molar-refractivity contribution in [3.63, 3.8) is 0 Å². The molecule has 0 bridgehead atoms. The minimum Gasteiger partial charge on any atom is -0.508 e. The van der Waals surface area contributed by atoms with E-state index in [1.165, 1.54) is 10.6 Å². The number of phenols is 1. The molecule has 166 valence electrons. The SMILES string of the molecule is O=S1(=O)CCCCN1CCNc1nccc(-c2c(-c3cccc(O)c3)nc3occn23)n1. The quantitative estimate of drug-likeness (QED) is 0.455. The van der Waals surface area contributed by atoms with E-state index in [4.69, 9.17) is 4.42 Å². The van der Waals surface area contributed by atoms with Gasteiger partial charge in [0, 0.05) is 37.6 Å². The molecule has 32 heavy (non-hydrogen) atoms. The number of nitrogens with zero attached hydrogens (tertiary/aromatic N) is 5. The van der Waals surface area contributed by atoms with E-state index in [0.717, 1.165) is 12.0 Å². The fourth-order valence-electron chi connectivity index (χ4n) is 3.84. The highest BCUT2D eigenvalue weighted by atomic mass is 32.2. The Morgan fingerprint density at radius 1 is 1.19 bits per heavy atom. The normalized spacial score (nSPS) is 16.4. The number of hydrogen-bond donors (Lipinski definition) is 2. The van der Waals surface area contributed by atoms with Crippen LogP contribution >= 0.6 is 0 Å². The van der Waals surface area contributed by atoms with Crippen LogP contribution in [0.15, 0.2) is 53.4 Å². The number of rotatable bonds is 6. The first kappa shape index (κ1) is 20.5. The molecule has 1 aromatic carbocycles. The third-order valence-electron chi connectivity index (χ3n) is 5.38. The maximum Gasteiger partial charge on any atom is 0.306 e. The van der Waals surface area contributed by atoms with Gasteiger partial charge in [0.25, 0.3) is 0 Å². The first-order chi connectivity index (χ1) is 15.5. The van der Waals surface area contributed by atoms with Gasteiger partial charge >= 0.3 is 5.84 Å². The van der Waals surface area contributed by atoms with Gasteiger partial charge in [0.2, 0.25) is 16.0 Å². The summed E-state index contributed by atoms with van der Waals surface area (Å²) in [7, 11) is -3.17. The molecule has 0 saturated carbocycles. The summed E-state index contributed by atoms with van der Waals surface area (Å²) in [5.41, 5.74) is 2.65. The average Bonchev–Trinajstić information content (AvgIpc) is 3.36. The minimum absolute atomic E-state index is 0.135. The minimum atomic E-state index is -3.17. The lowest BCUT2D eigenvalue weighted by Crippen LogP contribution is -2.40. The first-order valence-corrected chi connectivity index (χ1v) is 11.9. The number of oxazole rings is 1. The van der Waals surface area contributed by atoms with Gasteiger partial charge in [0.15, 0.2) is 0 Å². The number of aromatic nitrogens is 4. The average molecular weight is 455 g/mol. The predicted octanol–water partition coefficient (Wildman–Crippen LogP) is 2.59.